The summed E-state index contributed by atoms with van der Waals surface area (Å²) in [5.41, 5.74) is 0. The van der Waals surface area contributed by atoms with Crippen molar-refractivity contribution < 1.29 is 4.79 Å². The van der Waals surface area contributed by atoms with Crippen LogP contribution in [0.3, 0.4) is 0 Å². The fourth-order valence-electron chi connectivity index (χ4n) is 3.40. The van der Waals surface area contributed by atoms with Gasteiger partial charge in [-0.2, -0.15) is 0 Å². The van der Waals surface area contributed by atoms with Gasteiger partial charge in [0, 0.05) is 12.3 Å². The highest BCUT2D eigenvalue weighted by molar-refractivity contribution is 5.82. The van der Waals surface area contributed by atoms with E-state index in [1.54, 1.807) is 0 Å². The third-order valence-corrected chi connectivity index (χ3v) is 4.58. The largest absolute Gasteiger partial charge is 0.299 e. The van der Waals surface area contributed by atoms with E-state index in [0.29, 0.717) is 11.7 Å². The van der Waals surface area contributed by atoms with Crippen LogP contribution in [0.2, 0.25) is 0 Å². The Bertz CT molecular complexity index is 225. The van der Waals surface area contributed by atoms with Crippen molar-refractivity contribution in [2.24, 2.45) is 23.7 Å². The van der Waals surface area contributed by atoms with Crippen LogP contribution in [0.15, 0.2) is 0 Å². The Hall–Kier alpha value is -0.330. The summed E-state index contributed by atoms with van der Waals surface area (Å²) in [6.45, 7) is 4.66. The zero-order valence-electron chi connectivity index (χ0n) is 10.2. The molecule has 0 amide bonds. The van der Waals surface area contributed by atoms with Crippen LogP contribution in [-0.4, -0.2) is 5.78 Å². The summed E-state index contributed by atoms with van der Waals surface area (Å²) in [7, 11) is 0. The molecule has 0 bridgehead atoms. The molecule has 0 saturated heterocycles. The quantitative estimate of drug-likeness (QED) is 0.640. The van der Waals surface area contributed by atoms with Crippen molar-refractivity contribution in [2.75, 3.05) is 0 Å². The molecule has 0 heterocycles. The number of hydrogen-bond acceptors (Lipinski definition) is 1. The molecule has 0 aromatic heterocycles. The molecule has 2 atom stereocenters. The highest BCUT2D eigenvalue weighted by Crippen LogP contribution is 2.39. The average molecular weight is 208 g/mol. The Kier molecular flexibility index (Phi) is 3.48. The van der Waals surface area contributed by atoms with Crippen LogP contribution < -0.4 is 0 Å². The monoisotopic (exact) mass is 208 g/mol. The number of ketones is 1. The predicted octanol–water partition coefficient (Wildman–Crippen LogP) is 3.82. The van der Waals surface area contributed by atoms with Crippen molar-refractivity contribution >= 4 is 5.78 Å². The number of Topliss-reactive ketones (excluding diaryl/α,β-unsaturated/α-hetero) is 1. The molecular weight excluding hydrogens is 184 g/mol. The first kappa shape index (κ1) is 11.2. The van der Waals surface area contributed by atoms with Gasteiger partial charge in [0.2, 0.25) is 0 Å². The van der Waals surface area contributed by atoms with Crippen molar-refractivity contribution in [1.82, 2.24) is 0 Å². The molecule has 86 valence electrons. The zero-order chi connectivity index (χ0) is 10.8. The van der Waals surface area contributed by atoms with Crippen molar-refractivity contribution in [3.05, 3.63) is 0 Å². The Morgan fingerprint density at radius 1 is 0.933 bits per heavy atom. The minimum Gasteiger partial charge on any atom is -0.299 e. The van der Waals surface area contributed by atoms with E-state index in [1.165, 1.54) is 32.1 Å². The molecule has 15 heavy (non-hydrogen) atoms. The molecule has 0 aliphatic heterocycles. The van der Waals surface area contributed by atoms with Crippen LogP contribution >= 0.6 is 0 Å². The van der Waals surface area contributed by atoms with Gasteiger partial charge < -0.3 is 0 Å². The van der Waals surface area contributed by atoms with Crippen molar-refractivity contribution in [3.63, 3.8) is 0 Å². The topological polar surface area (TPSA) is 17.1 Å². The minimum atomic E-state index is 0.432. The van der Waals surface area contributed by atoms with Crippen LogP contribution in [0, 0.1) is 23.7 Å². The smallest absolute Gasteiger partial charge is 0.136 e. The maximum atomic E-state index is 11.9. The molecule has 1 nitrogen and oxygen atoms in total. The lowest BCUT2D eigenvalue weighted by Crippen LogP contribution is -2.32. The maximum Gasteiger partial charge on any atom is 0.136 e. The molecule has 0 N–H and O–H groups in total. The van der Waals surface area contributed by atoms with Crippen LogP contribution in [-0.2, 0) is 4.79 Å². The molecular formula is C14H24O. The molecule has 0 spiro atoms. The third kappa shape index (κ3) is 2.62. The number of hydrogen-bond donors (Lipinski definition) is 0. The summed E-state index contributed by atoms with van der Waals surface area (Å²) in [6, 6.07) is 0. The molecule has 0 radical (unpaired) electrons. The second kappa shape index (κ2) is 4.67. The van der Waals surface area contributed by atoms with E-state index in [0.717, 1.165) is 30.6 Å². The highest BCUT2D eigenvalue weighted by Gasteiger charge is 2.34. The van der Waals surface area contributed by atoms with Gasteiger partial charge in [-0.15, -0.1) is 0 Å². The van der Waals surface area contributed by atoms with E-state index in [2.05, 4.69) is 13.8 Å². The molecule has 0 aromatic carbocycles. The van der Waals surface area contributed by atoms with Gasteiger partial charge in [-0.3, -0.25) is 4.79 Å². The fourth-order valence-corrected chi connectivity index (χ4v) is 3.40. The van der Waals surface area contributed by atoms with E-state index in [4.69, 9.17) is 0 Å². The Morgan fingerprint density at radius 2 is 1.60 bits per heavy atom. The molecule has 2 saturated carbocycles. The van der Waals surface area contributed by atoms with Crippen LogP contribution in [0.5, 0.6) is 0 Å². The molecule has 2 aliphatic rings. The van der Waals surface area contributed by atoms with Crippen LogP contribution in [0.25, 0.3) is 0 Å². The SMILES string of the molecule is CC1CCC(C2CC(C)CCC2=O)CC1. The first-order valence-corrected chi connectivity index (χ1v) is 6.69. The Morgan fingerprint density at radius 3 is 2.27 bits per heavy atom. The number of carbonyl (C=O) groups is 1. The summed E-state index contributed by atoms with van der Waals surface area (Å²) in [6.07, 6.45) is 8.49. The highest BCUT2D eigenvalue weighted by atomic mass is 16.1. The maximum absolute atomic E-state index is 11.9. The van der Waals surface area contributed by atoms with E-state index in [1.807, 2.05) is 0 Å². The van der Waals surface area contributed by atoms with Gasteiger partial charge in [-0.1, -0.05) is 26.7 Å². The molecule has 2 rings (SSSR count). The lowest BCUT2D eigenvalue weighted by Gasteiger charge is -2.35. The number of rotatable bonds is 1. The molecule has 2 unspecified atom stereocenters. The predicted molar refractivity (Wildman–Crippen MR) is 62.6 cm³/mol. The summed E-state index contributed by atoms with van der Waals surface area (Å²) < 4.78 is 0. The first-order valence-electron chi connectivity index (χ1n) is 6.69. The zero-order valence-corrected chi connectivity index (χ0v) is 10.2. The van der Waals surface area contributed by atoms with Crippen molar-refractivity contribution in [3.8, 4) is 0 Å². The summed E-state index contributed by atoms with van der Waals surface area (Å²) in [4.78, 5) is 11.9. The van der Waals surface area contributed by atoms with E-state index in [9.17, 15) is 4.79 Å². The van der Waals surface area contributed by atoms with Gasteiger partial charge in [-0.05, 0) is 43.4 Å². The van der Waals surface area contributed by atoms with E-state index < -0.39 is 0 Å². The van der Waals surface area contributed by atoms with Gasteiger partial charge in [-0.25, -0.2) is 0 Å². The fraction of sp³-hybridized carbons (Fsp3) is 0.929. The van der Waals surface area contributed by atoms with Crippen LogP contribution in [0.1, 0.15) is 58.8 Å². The van der Waals surface area contributed by atoms with E-state index in [-0.39, 0.29) is 0 Å². The second-order valence-corrected chi connectivity index (χ2v) is 5.97. The van der Waals surface area contributed by atoms with Crippen LogP contribution in [0.4, 0.5) is 0 Å². The summed E-state index contributed by atoms with van der Waals surface area (Å²) in [5.74, 6) is 3.43. The van der Waals surface area contributed by atoms with Gasteiger partial charge in [0.1, 0.15) is 5.78 Å². The van der Waals surface area contributed by atoms with Gasteiger partial charge in [0.05, 0.1) is 0 Å². The van der Waals surface area contributed by atoms with Gasteiger partial charge in [0.15, 0.2) is 0 Å². The summed E-state index contributed by atoms with van der Waals surface area (Å²) >= 11 is 0. The molecule has 2 aliphatic carbocycles. The molecule has 2 fully saturated rings. The Labute approximate surface area is 93.6 Å². The average Bonchev–Trinajstić information content (AvgIpc) is 2.23. The summed E-state index contributed by atoms with van der Waals surface area (Å²) in [5, 5.41) is 0. The minimum absolute atomic E-state index is 0.432. The normalized spacial score (nSPS) is 42.9. The Balaban J connectivity index is 1.93. The molecule has 1 heteroatoms. The first-order chi connectivity index (χ1) is 7.16. The van der Waals surface area contributed by atoms with Gasteiger partial charge >= 0.3 is 0 Å². The third-order valence-electron chi connectivity index (χ3n) is 4.58. The standard InChI is InChI=1S/C14H24O/c1-10-3-6-12(7-4-10)13-9-11(2)5-8-14(13)15/h10-13H,3-9H2,1-2H3. The number of carbonyl (C=O) groups excluding carboxylic acids is 1. The second-order valence-electron chi connectivity index (χ2n) is 5.97. The van der Waals surface area contributed by atoms with Crippen molar-refractivity contribution in [2.45, 2.75) is 58.8 Å². The lowest BCUT2D eigenvalue weighted by molar-refractivity contribution is -0.128. The van der Waals surface area contributed by atoms with Crippen molar-refractivity contribution in [1.29, 1.82) is 0 Å². The van der Waals surface area contributed by atoms with Gasteiger partial charge in [0.25, 0.3) is 0 Å². The molecule has 0 aromatic rings. The van der Waals surface area contributed by atoms with E-state index >= 15 is 0 Å². The lowest BCUT2D eigenvalue weighted by atomic mass is 9.69.